The molecule has 0 amide bonds. The van der Waals surface area contributed by atoms with E-state index in [-0.39, 0.29) is 17.8 Å². The van der Waals surface area contributed by atoms with E-state index in [0.29, 0.717) is 6.42 Å². The number of hydrogen-bond acceptors (Lipinski definition) is 3. The standard InChI is InChI=1S/C12H23NO3/c1-4-5-12(2,3)7-9(8-14)6-10(13)11(15)16/h8-10H,4-7,13H2,1-3H3,(H,15,16). The molecule has 0 aliphatic rings. The van der Waals surface area contributed by atoms with Crippen molar-refractivity contribution in [3.05, 3.63) is 0 Å². The maximum atomic E-state index is 10.9. The van der Waals surface area contributed by atoms with E-state index in [1.54, 1.807) is 0 Å². The second-order valence-corrected chi connectivity index (χ2v) is 5.19. The summed E-state index contributed by atoms with van der Waals surface area (Å²) in [6, 6.07) is -0.937. The second kappa shape index (κ2) is 6.63. The molecule has 0 heterocycles. The van der Waals surface area contributed by atoms with Crippen LogP contribution in [0.15, 0.2) is 0 Å². The fourth-order valence-corrected chi connectivity index (χ4v) is 2.10. The van der Waals surface area contributed by atoms with Gasteiger partial charge in [-0.25, -0.2) is 0 Å². The fraction of sp³-hybridized carbons (Fsp3) is 0.833. The van der Waals surface area contributed by atoms with E-state index in [0.717, 1.165) is 19.1 Å². The minimum Gasteiger partial charge on any atom is -0.480 e. The van der Waals surface area contributed by atoms with E-state index in [2.05, 4.69) is 20.8 Å². The Bertz CT molecular complexity index is 238. The van der Waals surface area contributed by atoms with Crippen molar-refractivity contribution in [3.8, 4) is 0 Å². The molecular formula is C12H23NO3. The highest BCUT2D eigenvalue weighted by atomic mass is 16.4. The van der Waals surface area contributed by atoms with Crippen molar-refractivity contribution < 1.29 is 14.7 Å². The van der Waals surface area contributed by atoms with Crippen LogP contribution in [0.1, 0.15) is 46.5 Å². The summed E-state index contributed by atoms with van der Waals surface area (Å²) in [4.78, 5) is 21.5. The number of carbonyl (C=O) groups is 2. The average molecular weight is 229 g/mol. The number of carboxylic acid groups (broad SMARTS) is 1. The zero-order chi connectivity index (χ0) is 12.8. The molecule has 0 saturated heterocycles. The summed E-state index contributed by atoms with van der Waals surface area (Å²) in [7, 11) is 0. The molecule has 3 N–H and O–H groups in total. The molecule has 4 heteroatoms. The molecule has 4 nitrogen and oxygen atoms in total. The summed E-state index contributed by atoms with van der Waals surface area (Å²) in [5.74, 6) is -1.30. The summed E-state index contributed by atoms with van der Waals surface area (Å²) in [6.07, 6.45) is 3.85. The van der Waals surface area contributed by atoms with E-state index in [9.17, 15) is 9.59 Å². The maximum Gasteiger partial charge on any atom is 0.320 e. The normalized spacial score (nSPS) is 15.5. The van der Waals surface area contributed by atoms with Gasteiger partial charge in [0.2, 0.25) is 0 Å². The van der Waals surface area contributed by atoms with Gasteiger partial charge in [-0.15, -0.1) is 0 Å². The third kappa shape index (κ3) is 5.85. The summed E-state index contributed by atoms with van der Waals surface area (Å²) >= 11 is 0. The van der Waals surface area contributed by atoms with Crippen molar-refractivity contribution >= 4 is 12.3 Å². The predicted molar refractivity (Wildman–Crippen MR) is 63.1 cm³/mol. The second-order valence-electron chi connectivity index (χ2n) is 5.19. The first-order valence-corrected chi connectivity index (χ1v) is 5.76. The van der Waals surface area contributed by atoms with Crippen LogP contribution >= 0.6 is 0 Å². The Morgan fingerprint density at radius 2 is 2.06 bits per heavy atom. The molecular weight excluding hydrogens is 206 g/mol. The lowest BCUT2D eigenvalue weighted by Gasteiger charge is -2.27. The molecule has 16 heavy (non-hydrogen) atoms. The van der Waals surface area contributed by atoms with Gasteiger partial charge in [0.05, 0.1) is 0 Å². The number of rotatable bonds is 8. The van der Waals surface area contributed by atoms with Crippen LogP contribution in [0.25, 0.3) is 0 Å². The van der Waals surface area contributed by atoms with Gasteiger partial charge in [0.1, 0.15) is 12.3 Å². The minimum atomic E-state index is -1.04. The van der Waals surface area contributed by atoms with Crippen LogP contribution in [0.2, 0.25) is 0 Å². The molecule has 0 bridgehead atoms. The zero-order valence-corrected chi connectivity index (χ0v) is 10.4. The summed E-state index contributed by atoms with van der Waals surface area (Å²) in [5, 5.41) is 8.69. The topological polar surface area (TPSA) is 80.4 Å². The van der Waals surface area contributed by atoms with Gasteiger partial charge in [0.25, 0.3) is 0 Å². The third-order valence-electron chi connectivity index (χ3n) is 2.81. The molecule has 0 spiro atoms. The predicted octanol–water partition coefficient (Wildman–Crippen LogP) is 1.82. The van der Waals surface area contributed by atoms with Crippen molar-refractivity contribution in [2.45, 2.75) is 52.5 Å². The van der Waals surface area contributed by atoms with Gasteiger partial charge in [-0.3, -0.25) is 4.79 Å². The Balaban J connectivity index is 4.30. The Labute approximate surface area is 97.2 Å². The lowest BCUT2D eigenvalue weighted by Crippen LogP contribution is -2.34. The first kappa shape index (κ1) is 15.1. The maximum absolute atomic E-state index is 10.9. The Morgan fingerprint density at radius 3 is 2.44 bits per heavy atom. The molecule has 0 aromatic heterocycles. The van der Waals surface area contributed by atoms with Gasteiger partial charge < -0.3 is 15.6 Å². The largest absolute Gasteiger partial charge is 0.480 e. The molecule has 0 saturated carbocycles. The van der Waals surface area contributed by atoms with Gasteiger partial charge >= 0.3 is 5.97 Å². The van der Waals surface area contributed by atoms with Gasteiger partial charge in [0, 0.05) is 5.92 Å². The quantitative estimate of drug-likeness (QED) is 0.622. The van der Waals surface area contributed by atoms with Crippen molar-refractivity contribution in [2.75, 3.05) is 0 Å². The van der Waals surface area contributed by atoms with Gasteiger partial charge in [-0.2, -0.15) is 0 Å². The molecule has 0 radical (unpaired) electrons. The smallest absolute Gasteiger partial charge is 0.320 e. The highest BCUT2D eigenvalue weighted by Crippen LogP contribution is 2.31. The number of carbonyl (C=O) groups excluding carboxylic acids is 1. The number of hydrogen-bond donors (Lipinski definition) is 2. The Kier molecular flexibility index (Phi) is 6.26. The van der Waals surface area contributed by atoms with Crippen LogP contribution in [-0.2, 0) is 9.59 Å². The summed E-state index contributed by atoms with van der Waals surface area (Å²) in [6.45, 7) is 6.29. The van der Waals surface area contributed by atoms with E-state index in [1.807, 2.05) is 0 Å². The van der Waals surface area contributed by atoms with Crippen molar-refractivity contribution in [2.24, 2.45) is 17.1 Å². The summed E-state index contributed by atoms with van der Waals surface area (Å²) in [5.41, 5.74) is 5.50. The van der Waals surface area contributed by atoms with Crippen LogP contribution < -0.4 is 5.73 Å². The van der Waals surface area contributed by atoms with Gasteiger partial charge in [-0.1, -0.05) is 27.2 Å². The molecule has 94 valence electrons. The summed E-state index contributed by atoms with van der Waals surface area (Å²) < 4.78 is 0. The molecule has 0 aliphatic carbocycles. The van der Waals surface area contributed by atoms with Crippen LogP contribution in [0, 0.1) is 11.3 Å². The zero-order valence-electron chi connectivity index (χ0n) is 10.4. The van der Waals surface area contributed by atoms with Crippen molar-refractivity contribution in [1.29, 1.82) is 0 Å². The Hall–Kier alpha value is -0.900. The number of aliphatic carboxylic acids is 1. The fourth-order valence-electron chi connectivity index (χ4n) is 2.10. The van der Waals surface area contributed by atoms with Crippen LogP contribution in [0.3, 0.4) is 0 Å². The van der Waals surface area contributed by atoms with Crippen LogP contribution in [-0.4, -0.2) is 23.4 Å². The van der Waals surface area contributed by atoms with Gasteiger partial charge in [-0.05, 0) is 24.7 Å². The molecule has 0 fully saturated rings. The Morgan fingerprint density at radius 1 is 1.50 bits per heavy atom. The van der Waals surface area contributed by atoms with Crippen molar-refractivity contribution in [3.63, 3.8) is 0 Å². The average Bonchev–Trinajstić information content (AvgIpc) is 2.15. The minimum absolute atomic E-state index is 0.0680. The van der Waals surface area contributed by atoms with Gasteiger partial charge in [0.15, 0.2) is 0 Å². The first-order valence-electron chi connectivity index (χ1n) is 5.76. The monoisotopic (exact) mass is 229 g/mol. The van der Waals surface area contributed by atoms with E-state index < -0.39 is 12.0 Å². The highest BCUT2D eigenvalue weighted by molar-refractivity contribution is 5.73. The molecule has 0 aliphatic heterocycles. The lowest BCUT2D eigenvalue weighted by atomic mass is 9.78. The highest BCUT2D eigenvalue weighted by Gasteiger charge is 2.25. The number of aldehydes is 1. The third-order valence-corrected chi connectivity index (χ3v) is 2.81. The van der Waals surface area contributed by atoms with E-state index in [1.165, 1.54) is 0 Å². The SMILES string of the molecule is CCCC(C)(C)CC(C=O)CC(N)C(=O)O. The van der Waals surface area contributed by atoms with E-state index in [4.69, 9.17) is 10.8 Å². The number of nitrogens with two attached hydrogens (primary N) is 1. The van der Waals surface area contributed by atoms with Crippen LogP contribution in [0.5, 0.6) is 0 Å². The molecule has 0 rings (SSSR count). The molecule has 0 aromatic carbocycles. The number of carboxylic acids is 1. The lowest BCUT2D eigenvalue weighted by molar-refractivity contribution is -0.139. The van der Waals surface area contributed by atoms with Crippen molar-refractivity contribution in [1.82, 2.24) is 0 Å². The molecule has 0 aromatic rings. The first-order chi connectivity index (χ1) is 7.32. The van der Waals surface area contributed by atoms with Crippen LogP contribution in [0.4, 0.5) is 0 Å². The molecule has 2 unspecified atom stereocenters. The van der Waals surface area contributed by atoms with E-state index >= 15 is 0 Å². The molecule has 2 atom stereocenters.